The fourth-order valence-corrected chi connectivity index (χ4v) is 4.52. The van der Waals surface area contributed by atoms with Gasteiger partial charge in [0.05, 0.1) is 6.61 Å². The minimum Gasteiger partial charge on any atom is -0.394 e. The highest BCUT2D eigenvalue weighted by atomic mass is 16.7. The molecule has 0 unspecified atom stereocenters. The van der Waals surface area contributed by atoms with Crippen molar-refractivity contribution in [3.8, 4) is 0 Å². The predicted molar refractivity (Wildman–Crippen MR) is 150 cm³/mol. The molecule has 37 heavy (non-hydrogen) atoms. The lowest BCUT2D eigenvalue weighted by molar-refractivity contribution is -0.232. The second kappa shape index (κ2) is 27.3. The van der Waals surface area contributed by atoms with Gasteiger partial charge in [0.15, 0.2) is 6.29 Å². The minimum atomic E-state index is -1.69. The summed E-state index contributed by atoms with van der Waals surface area (Å²) in [7, 11) is 0. The fraction of sp³-hybridized carbons (Fsp3) is 1.00. The van der Waals surface area contributed by atoms with Crippen LogP contribution in [0.2, 0.25) is 0 Å². The van der Waals surface area contributed by atoms with Gasteiger partial charge in [-0.05, 0) is 12.8 Å². The van der Waals surface area contributed by atoms with Gasteiger partial charge in [0.25, 0.3) is 0 Å². The predicted octanol–water partition coefficient (Wildman–Crippen LogP) is 5.62. The van der Waals surface area contributed by atoms with E-state index in [9.17, 15) is 20.4 Å². The Bertz CT molecular complexity index is 426. The zero-order valence-corrected chi connectivity index (χ0v) is 24.2. The number of aliphatic hydroxyl groups is 5. The molecular weight excluding hydrogens is 472 g/mol. The molecule has 7 nitrogen and oxygen atoms in total. The Labute approximate surface area is 228 Å². The van der Waals surface area contributed by atoms with Gasteiger partial charge in [-0.2, -0.15) is 0 Å². The average Bonchev–Trinajstić information content (AvgIpc) is 2.91. The Morgan fingerprint density at radius 1 is 0.432 bits per heavy atom. The van der Waals surface area contributed by atoms with Crippen molar-refractivity contribution in [2.24, 2.45) is 0 Å². The van der Waals surface area contributed by atoms with E-state index in [2.05, 4.69) is 13.8 Å². The van der Waals surface area contributed by atoms with Crippen LogP contribution in [0.5, 0.6) is 0 Å². The molecule has 5 N–H and O–H groups in total. The number of hydrogen-bond donors (Lipinski definition) is 5. The lowest BCUT2D eigenvalue weighted by Gasteiger charge is -2.31. The van der Waals surface area contributed by atoms with Crippen molar-refractivity contribution < 1.29 is 35.0 Å². The Balaban J connectivity index is 4.24. The summed E-state index contributed by atoms with van der Waals surface area (Å²) in [5.41, 5.74) is 0. The molecule has 224 valence electrons. The summed E-state index contributed by atoms with van der Waals surface area (Å²) < 4.78 is 11.5. The average molecular weight is 535 g/mol. The van der Waals surface area contributed by atoms with E-state index >= 15 is 0 Å². The van der Waals surface area contributed by atoms with Crippen LogP contribution in [-0.4, -0.2) is 76.1 Å². The first-order chi connectivity index (χ1) is 18.0. The first kappa shape index (κ1) is 36.7. The van der Waals surface area contributed by atoms with E-state index in [1.165, 1.54) is 89.9 Å². The summed E-state index contributed by atoms with van der Waals surface area (Å²) in [5.74, 6) is 0. The zero-order valence-electron chi connectivity index (χ0n) is 24.2. The molecule has 0 aromatic rings. The van der Waals surface area contributed by atoms with Crippen molar-refractivity contribution >= 4 is 0 Å². The van der Waals surface area contributed by atoms with Crippen LogP contribution in [0.25, 0.3) is 0 Å². The van der Waals surface area contributed by atoms with E-state index in [0.29, 0.717) is 13.2 Å². The Morgan fingerprint density at radius 2 is 0.757 bits per heavy atom. The van der Waals surface area contributed by atoms with Crippen molar-refractivity contribution in [3.63, 3.8) is 0 Å². The van der Waals surface area contributed by atoms with Crippen LogP contribution in [-0.2, 0) is 9.47 Å². The van der Waals surface area contributed by atoms with Gasteiger partial charge in [-0.15, -0.1) is 0 Å². The van der Waals surface area contributed by atoms with Crippen molar-refractivity contribution in [2.75, 3.05) is 19.8 Å². The van der Waals surface area contributed by atoms with Gasteiger partial charge in [0, 0.05) is 13.2 Å². The molecule has 0 amide bonds. The molecule has 0 aliphatic rings. The van der Waals surface area contributed by atoms with Gasteiger partial charge in [-0.3, -0.25) is 0 Å². The van der Waals surface area contributed by atoms with Crippen LogP contribution >= 0.6 is 0 Å². The smallest absolute Gasteiger partial charge is 0.186 e. The van der Waals surface area contributed by atoms with Gasteiger partial charge in [0.1, 0.15) is 24.4 Å². The lowest BCUT2D eigenvalue weighted by Crippen LogP contribution is -2.51. The fourth-order valence-electron chi connectivity index (χ4n) is 4.52. The molecule has 0 aliphatic carbocycles. The maximum absolute atomic E-state index is 10.6. The quantitative estimate of drug-likeness (QED) is 0.0624. The molecule has 0 aromatic carbocycles. The monoisotopic (exact) mass is 534 g/mol. The molecule has 0 aromatic heterocycles. The number of ether oxygens (including phenoxy) is 2. The third kappa shape index (κ3) is 21.2. The molecule has 4 atom stereocenters. The molecule has 0 saturated carbocycles. The van der Waals surface area contributed by atoms with E-state index in [-0.39, 0.29) is 0 Å². The van der Waals surface area contributed by atoms with Crippen molar-refractivity contribution in [1.29, 1.82) is 0 Å². The maximum atomic E-state index is 10.6. The molecular formula is C30H62O7. The van der Waals surface area contributed by atoms with Crippen molar-refractivity contribution in [3.05, 3.63) is 0 Å². The van der Waals surface area contributed by atoms with Crippen LogP contribution in [0, 0.1) is 0 Å². The largest absolute Gasteiger partial charge is 0.394 e. The third-order valence-corrected chi connectivity index (χ3v) is 7.12. The highest BCUT2D eigenvalue weighted by Crippen LogP contribution is 2.16. The second-order valence-corrected chi connectivity index (χ2v) is 10.7. The number of unbranched alkanes of at least 4 members (excludes halogenated alkanes) is 18. The number of rotatable bonds is 29. The molecule has 7 heteroatoms. The van der Waals surface area contributed by atoms with Crippen LogP contribution in [0.3, 0.4) is 0 Å². The van der Waals surface area contributed by atoms with E-state index in [1.807, 2.05) is 0 Å². The SMILES string of the molecule is CCCCCCCCCCCCOC(OCCCCCCCCCCCC)[C@H](O)[C@@H](O)[C@H](O)[C@H](O)CO. The first-order valence-corrected chi connectivity index (χ1v) is 15.6. The van der Waals surface area contributed by atoms with Crippen molar-refractivity contribution in [1.82, 2.24) is 0 Å². The Kier molecular flexibility index (Phi) is 27.1. The lowest BCUT2D eigenvalue weighted by atomic mass is 10.0. The summed E-state index contributed by atoms with van der Waals surface area (Å²) in [6.07, 6.45) is 16.6. The van der Waals surface area contributed by atoms with Crippen LogP contribution in [0.1, 0.15) is 142 Å². The zero-order chi connectivity index (χ0) is 27.6. The molecule has 0 saturated heterocycles. The van der Waals surface area contributed by atoms with E-state index in [1.54, 1.807) is 0 Å². The summed E-state index contributed by atoms with van der Waals surface area (Å²) in [4.78, 5) is 0. The molecule has 0 bridgehead atoms. The van der Waals surface area contributed by atoms with E-state index in [0.717, 1.165) is 38.5 Å². The minimum absolute atomic E-state index is 0.391. The standard InChI is InChI=1S/C30H62O7/c1-3-5-7-9-11-13-15-17-19-21-23-36-30(29(35)28(34)27(33)26(32)25-31)37-24-22-20-18-16-14-12-10-8-6-4-2/h26-35H,3-25H2,1-2H3/t26-,27-,28+,29-/m1/s1. The molecule has 0 spiro atoms. The van der Waals surface area contributed by atoms with E-state index < -0.39 is 37.3 Å². The third-order valence-electron chi connectivity index (χ3n) is 7.12. The van der Waals surface area contributed by atoms with Gasteiger partial charge in [-0.1, -0.05) is 129 Å². The topological polar surface area (TPSA) is 120 Å². The first-order valence-electron chi connectivity index (χ1n) is 15.6. The normalized spacial score (nSPS) is 15.2. The highest BCUT2D eigenvalue weighted by molar-refractivity contribution is 4.82. The summed E-state index contributed by atoms with van der Waals surface area (Å²) >= 11 is 0. The molecule has 0 heterocycles. The second-order valence-electron chi connectivity index (χ2n) is 10.7. The molecule has 0 rings (SSSR count). The van der Waals surface area contributed by atoms with Gasteiger partial charge in [0.2, 0.25) is 0 Å². The van der Waals surface area contributed by atoms with E-state index in [4.69, 9.17) is 14.6 Å². The van der Waals surface area contributed by atoms with Crippen LogP contribution < -0.4 is 0 Å². The molecule has 0 aliphatic heterocycles. The Hall–Kier alpha value is -0.280. The maximum Gasteiger partial charge on any atom is 0.186 e. The van der Waals surface area contributed by atoms with Crippen LogP contribution in [0.15, 0.2) is 0 Å². The number of hydrogen-bond acceptors (Lipinski definition) is 7. The van der Waals surface area contributed by atoms with Gasteiger partial charge < -0.3 is 35.0 Å². The summed E-state index contributed by atoms with van der Waals surface area (Å²) in [6, 6.07) is 0. The van der Waals surface area contributed by atoms with Gasteiger partial charge in [-0.25, -0.2) is 0 Å². The Morgan fingerprint density at radius 3 is 1.08 bits per heavy atom. The van der Waals surface area contributed by atoms with Crippen LogP contribution in [0.4, 0.5) is 0 Å². The molecule has 0 radical (unpaired) electrons. The molecule has 0 fully saturated rings. The summed E-state index contributed by atoms with van der Waals surface area (Å²) in [6.45, 7) is 4.53. The number of aliphatic hydroxyl groups excluding tert-OH is 5. The summed E-state index contributed by atoms with van der Waals surface area (Å²) in [5, 5.41) is 49.5. The van der Waals surface area contributed by atoms with Crippen molar-refractivity contribution in [2.45, 2.75) is 173 Å². The van der Waals surface area contributed by atoms with Gasteiger partial charge >= 0.3 is 0 Å². The highest BCUT2D eigenvalue weighted by Gasteiger charge is 2.35.